The fourth-order valence-electron chi connectivity index (χ4n) is 0.972. The number of hydrogen-bond acceptors (Lipinski definition) is 0. The lowest BCUT2D eigenvalue weighted by molar-refractivity contribution is 1.61. The Hall–Kier alpha value is -0.0151. The molecule has 0 heterocycles. The smallest absolute Gasteiger partial charge is 0.0985 e. The Morgan fingerprint density at radius 2 is 2.00 bits per heavy atom. The first-order chi connectivity index (χ1) is 5.15. The van der Waals surface area contributed by atoms with Gasteiger partial charge in [-0.1, -0.05) is 56.0 Å². The Labute approximate surface area is 84.4 Å². The first-order valence-corrected chi connectivity index (χ1v) is 4.82. The molecule has 0 nitrogen and oxygen atoms in total. The van der Waals surface area contributed by atoms with Crippen LogP contribution in [0.25, 0.3) is 6.08 Å². The van der Waals surface area contributed by atoms with Crippen molar-refractivity contribution in [2.24, 2.45) is 0 Å². The standard InChI is InChI=1S/C8H7BBr2/c1-2-6-7(9)3-5(10)4-8(6)11/h2-4H,1,9H2. The molecule has 0 amide bonds. The summed E-state index contributed by atoms with van der Waals surface area (Å²) >= 11 is 6.87. The van der Waals surface area contributed by atoms with Crippen LogP contribution in [-0.4, -0.2) is 7.85 Å². The van der Waals surface area contributed by atoms with Gasteiger partial charge in [0.25, 0.3) is 0 Å². The predicted octanol–water partition coefficient (Wildman–Crippen LogP) is 2.11. The SMILES string of the molecule is Bc1cc(Br)cc(Br)c1C=C. The van der Waals surface area contributed by atoms with Crippen molar-refractivity contribution < 1.29 is 0 Å². The van der Waals surface area contributed by atoms with Crippen LogP contribution in [0.2, 0.25) is 0 Å². The van der Waals surface area contributed by atoms with E-state index in [0.29, 0.717) is 0 Å². The van der Waals surface area contributed by atoms with Gasteiger partial charge in [0, 0.05) is 8.95 Å². The second-order valence-electron chi connectivity index (χ2n) is 2.32. The molecule has 0 aromatic heterocycles. The van der Waals surface area contributed by atoms with Crippen LogP contribution in [0.1, 0.15) is 5.56 Å². The average molecular weight is 274 g/mol. The number of rotatable bonds is 1. The third-order valence-electron chi connectivity index (χ3n) is 1.51. The first kappa shape index (κ1) is 9.08. The van der Waals surface area contributed by atoms with Crippen LogP contribution in [0, 0.1) is 0 Å². The maximum atomic E-state index is 3.74. The Morgan fingerprint density at radius 3 is 2.45 bits per heavy atom. The normalized spacial score (nSPS) is 9.64. The summed E-state index contributed by atoms with van der Waals surface area (Å²) in [5, 5.41) is 0. The number of benzene rings is 1. The Balaban J connectivity index is 3.36. The monoisotopic (exact) mass is 272 g/mol. The van der Waals surface area contributed by atoms with E-state index in [4.69, 9.17) is 0 Å². The molecular weight excluding hydrogens is 267 g/mol. The van der Waals surface area contributed by atoms with E-state index >= 15 is 0 Å². The molecular formula is C8H7BBr2. The highest BCUT2D eigenvalue weighted by atomic mass is 79.9. The minimum absolute atomic E-state index is 1.08. The molecule has 0 bridgehead atoms. The first-order valence-electron chi connectivity index (χ1n) is 3.23. The van der Waals surface area contributed by atoms with Crippen molar-refractivity contribution in [3.05, 3.63) is 33.2 Å². The zero-order valence-corrected chi connectivity index (χ0v) is 9.37. The van der Waals surface area contributed by atoms with Gasteiger partial charge in [0.1, 0.15) is 7.85 Å². The van der Waals surface area contributed by atoms with Crippen LogP contribution in [0.15, 0.2) is 27.7 Å². The summed E-state index contributed by atoms with van der Waals surface area (Å²) in [7, 11) is 2.06. The summed E-state index contributed by atoms with van der Waals surface area (Å²) in [6.45, 7) is 3.74. The highest BCUT2D eigenvalue weighted by Gasteiger charge is 2.00. The molecule has 56 valence electrons. The van der Waals surface area contributed by atoms with Gasteiger partial charge < -0.3 is 0 Å². The molecule has 0 unspecified atom stereocenters. The van der Waals surface area contributed by atoms with Crippen molar-refractivity contribution in [1.82, 2.24) is 0 Å². The molecule has 0 aliphatic carbocycles. The maximum Gasteiger partial charge on any atom is 0.140 e. The van der Waals surface area contributed by atoms with Crippen LogP contribution in [-0.2, 0) is 0 Å². The summed E-state index contributed by atoms with van der Waals surface area (Å²) in [5.41, 5.74) is 2.38. The van der Waals surface area contributed by atoms with E-state index in [1.165, 1.54) is 5.46 Å². The maximum absolute atomic E-state index is 3.74. The lowest BCUT2D eigenvalue weighted by Gasteiger charge is -2.03. The zero-order valence-electron chi connectivity index (χ0n) is 6.20. The van der Waals surface area contributed by atoms with Gasteiger partial charge in [-0.3, -0.25) is 0 Å². The molecule has 0 N–H and O–H groups in total. The van der Waals surface area contributed by atoms with Crippen molar-refractivity contribution in [3.63, 3.8) is 0 Å². The van der Waals surface area contributed by atoms with Gasteiger partial charge in [-0.05, 0) is 11.6 Å². The molecule has 0 aliphatic rings. The minimum Gasteiger partial charge on any atom is -0.0985 e. The van der Waals surface area contributed by atoms with Gasteiger partial charge in [0.2, 0.25) is 0 Å². The van der Waals surface area contributed by atoms with E-state index in [2.05, 4.69) is 52.4 Å². The lowest BCUT2D eigenvalue weighted by atomic mass is 9.91. The third-order valence-corrected chi connectivity index (χ3v) is 2.62. The van der Waals surface area contributed by atoms with E-state index in [0.717, 1.165) is 14.5 Å². The van der Waals surface area contributed by atoms with Gasteiger partial charge in [0.05, 0.1) is 0 Å². The summed E-state index contributed by atoms with van der Waals surface area (Å²) < 4.78 is 2.17. The van der Waals surface area contributed by atoms with Crippen LogP contribution in [0.3, 0.4) is 0 Å². The van der Waals surface area contributed by atoms with E-state index in [1.807, 2.05) is 12.1 Å². The van der Waals surface area contributed by atoms with Crippen molar-refractivity contribution in [3.8, 4) is 0 Å². The summed E-state index contributed by atoms with van der Waals surface area (Å²) in [6, 6.07) is 4.09. The molecule has 1 rings (SSSR count). The quantitative estimate of drug-likeness (QED) is 0.688. The van der Waals surface area contributed by atoms with Gasteiger partial charge >= 0.3 is 0 Å². The van der Waals surface area contributed by atoms with Gasteiger partial charge in [-0.2, -0.15) is 0 Å². The molecule has 0 aliphatic heterocycles. The third kappa shape index (κ3) is 1.97. The zero-order chi connectivity index (χ0) is 8.43. The predicted molar refractivity (Wildman–Crippen MR) is 60.1 cm³/mol. The largest absolute Gasteiger partial charge is 0.140 e. The number of halogens is 2. The molecule has 0 fully saturated rings. The van der Waals surface area contributed by atoms with Crippen LogP contribution in [0.5, 0.6) is 0 Å². The van der Waals surface area contributed by atoms with Crippen molar-refractivity contribution in [2.45, 2.75) is 0 Å². The Bertz CT molecular complexity index is 271. The second kappa shape index (κ2) is 3.59. The van der Waals surface area contributed by atoms with E-state index in [-0.39, 0.29) is 0 Å². The van der Waals surface area contributed by atoms with Crippen LogP contribution < -0.4 is 5.46 Å². The Morgan fingerprint density at radius 1 is 1.36 bits per heavy atom. The van der Waals surface area contributed by atoms with E-state index in [1.54, 1.807) is 0 Å². The molecule has 0 saturated heterocycles. The minimum atomic E-state index is 1.08. The second-order valence-corrected chi connectivity index (χ2v) is 4.09. The van der Waals surface area contributed by atoms with E-state index in [9.17, 15) is 0 Å². The lowest BCUT2D eigenvalue weighted by Crippen LogP contribution is -2.07. The number of hydrogen-bond donors (Lipinski definition) is 0. The molecule has 3 heteroatoms. The van der Waals surface area contributed by atoms with Crippen molar-refractivity contribution >= 4 is 51.2 Å². The molecule has 0 spiro atoms. The molecule has 0 radical (unpaired) electrons. The molecule has 0 saturated carbocycles. The molecule has 1 aromatic carbocycles. The van der Waals surface area contributed by atoms with E-state index < -0.39 is 0 Å². The summed E-state index contributed by atoms with van der Waals surface area (Å²) in [6.07, 6.45) is 1.85. The van der Waals surface area contributed by atoms with Gasteiger partial charge in [-0.25, -0.2) is 0 Å². The highest BCUT2D eigenvalue weighted by molar-refractivity contribution is 9.11. The Kier molecular flexibility index (Phi) is 2.96. The fraction of sp³-hybridized carbons (Fsp3) is 0. The van der Waals surface area contributed by atoms with Crippen molar-refractivity contribution in [1.29, 1.82) is 0 Å². The van der Waals surface area contributed by atoms with Gasteiger partial charge in [0.15, 0.2) is 0 Å². The molecule has 11 heavy (non-hydrogen) atoms. The topological polar surface area (TPSA) is 0 Å². The van der Waals surface area contributed by atoms with Gasteiger partial charge in [-0.15, -0.1) is 0 Å². The van der Waals surface area contributed by atoms with Crippen LogP contribution >= 0.6 is 31.9 Å². The van der Waals surface area contributed by atoms with Crippen LogP contribution in [0.4, 0.5) is 0 Å². The average Bonchev–Trinajstić information content (AvgIpc) is 1.85. The molecule has 1 aromatic rings. The summed E-state index contributed by atoms with van der Waals surface area (Å²) in [4.78, 5) is 0. The molecule has 0 atom stereocenters. The fourth-order valence-corrected chi connectivity index (χ4v) is 2.57. The van der Waals surface area contributed by atoms with Crippen molar-refractivity contribution in [2.75, 3.05) is 0 Å². The summed E-state index contributed by atoms with van der Waals surface area (Å²) in [5.74, 6) is 0. The highest BCUT2D eigenvalue weighted by Crippen LogP contribution is 2.20.